The maximum absolute atomic E-state index is 8.82. The van der Waals surface area contributed by atoms with E-state index in [9.17, 15) is 0 Å². The molecule has 0 radical (unpaired) electrons. The van der Waals surface area contributed by atoms with Gasteiger partial charge in [-0.15, -0.1) is 0 Å². The minimum atomic E-state index is 0.457. The summed E-state index contributed by atoms with van der Waals surface area (Å²) in [5, 5.41) is 8.82. The lowest BCUT2D eigenvalue weighted by atomic mass is 9.99. The lowest BCUT2D eigenvalue weighted by Crippen LogP contribution is -2.30. The van der Waals surface area contributed by atoms with Gasteiger partial charge in [0.25, 0.3) is 0 Å². The van der Waals surface area contributed by atoms with Crippen LogP contribution in [0.5, 0.6) is 5.75 Å². The van der Waals surface area contributed by atoms with Crippen LogP contribution in [0, 0.1) is 11.3 Å². The molecule has 1 aliphatic rings. The minimum Gasteiger partial charge on any atom is -0.494 e. The quantitative estimate of drug-likeness (QED) is 0.868. The first-order valence-electron chi connectivity index (χ1n) is 7.66. The highest BCUT2D eigenvalue weighted by Crippen LogP contribution is 2.27. The third kappa shape index (κ3) is 3.04. The molecule has 0 aliphatic carbocycles. The normalized spacial score (nSPS) is 13.4. The Bertz CT molecular complexity index is 688. The van der Waals surface area contributed by atoms with E-state index in [0.717, 1.165) is 44.0 Å². The van der Waals surface area contributed by atoms with Gasteiger partial charge in [0.1, 0.15) is 17.5 Å². The first-order valence-corrected chi connectivity index (χ1v) is 7.66. The summed E-state index contributed by atoms with van der Waals surface area (Å²) in [4.78, 5) is 6.45. The summed E-state index contributed by atoms with van der Waals surface area (Å²) in [6.07, 6.45) is 3.80. The number of nitrogens with zero attached hydrogens (tertiary/aromatic N) is 3. The van der Waals surface area contributed by atoms with Crippen LogP contribution in [0.25, 0.3) is 0 Å². The van der Waals surface area contributed by atoms with Crippen LogP contribution in [0.15, 0.2) is 36.5 Å². The number of ether oxygens (including phenoxy) is 1. The van der Waals surface area contributed by atoms with E-state index in [1.54, 1.807) is 12.3 Å². The third-order valence-corrected chi connectivity index (χ3v) is 3.89. The second-order valence-electron chi connectivity index (χ2n) is 5.46. The monoisotopic (exact) mass is 293 g/mol. The van der Waals surface area contributed by atoms with Crippen molar-refractivity contribution in [1.29, 1.82) is 5.26 Å². The largest absolute Gasteiger partial charge is 0.494 e. The van der Waals surface area contributed by atoms with Crippen molar-refractivity contribution >= 4 is 5.69 Å². The van der Waals surface area contributed by atoms with E-state index >= 15 is 0 Å². The Labute approximate surface area is 131 Å². The van der Waals surface area contributed by atoms with Gasteiger partial charge in [0.2, 0.25) is 0 Å². The zero-order valence-corrected chi connectivity index (χ0v) is 12.7. The van der Waals surface area contributed by atoms with E-state index in [1.807, 2.05) is 6.07 Å². The Kier molecular flexibility index (Phi) is 4.24. The number of hydrogen-bond acceptors (Lipinski definition) is 4. The van der Waals surface area contributed by atoms with Gasteiger partial charge in [-0.3, -0.25) is 0 Å². The summed E-state index contributed by atoms with van der Waals surface area (Å²) in [6.45, 7) is 4.71. The summed E-state index contributed by atoms with van der Waals surface area (Å²) in [5.74, 6) is 0.967. The molecular weight excluding hydrogens is 274 g/mol. The maximum Gasteiger partial charge on any atom is 0.140 e. The van der Waals surface area contributed by atoms with Crippen LogP contribution in [0.2, 0.25) is 0 Å². The van der Waals surface area contributed by atoms with E-state index in [-0.39, 0.29) is 0 Å². The van der Waals surface area contributed by atoms with Crippen molar-refractivity contribution in [3.63, 3.8) is 0 Å². The SMILES string of the molecule is CCCOc1ccc2c(c1)CCN(c1ccc(C#N)nc1)C2. The number of hydrogen-bond donors (Lipinski definition) is 0. The lowest BCUT2D eigenvalue weighted by molar-refractivity contribution is 0.317. The number of rotatable bonds is 4. The number of fused-ring (bicyclic) bond motifs is 1. The first-order chi connectivity index (χ1) is 10.8. The van der Waals surface area contributed by atoms with Gasteiger partial charge in [-0.25, -0.2) is 4.98 Å². The average molecular weight is 293 g/mol. The third-order valence-electron chi connectivity index (χ3n) is 3.89. The fourth-order valence-corrected chi connectivity index (χ4v) is 2.70. The Balaban J connectivity index is 1.74. The molecule has 1 aliphatic heterocycles. The molecule has 0 atom stereocenters. The van der Waals surface area contributed by atoms with Crippen LogP contribution in [0.1, 0.15) is 30.2 Å². The molecule has 0 bridgehead atoms. The fraction of sp³-hybridized carbons (Fsp3) is 0.333. The molecule has 4 nitrogen and oxygen atoms in total. The predicted molar refractivity (Wildman–Crippen MR) is 85.9 cm³/mol. The van der Waals surface area contributed by atoms with Gasteiger partial charge in [-0.2, -0.15) is 5.26 Å². The van der Waals surface area contributed by atoms with E-state index in [0.29, 0.717) is 5.69 Å². The van der Waals surface area contributed by atoms with Crippen LogP contribution < -0.4 is 9.64 Å². The van der Waals surface area contributed by atoms with E-state index in [1.165, 1.54) is 11.1 Å². The van der Waals surface area contributed by atoms with Gasteiger partial charge in [0, 0.05) is 13.1 Å². The topological polar surface area (TPSA) is 49.1 Å². The van der Waals surface area contributed by atoms with Crippen LogP contribution in [0.4, 0.5) is 5.69 Å². The molecule has 0 saturated carbocycles. The summed E-state index contributed by atoms with van der Waals surface area (Å²) in [7, 11) is 0. The highest BCUT2D eigenvalue weighted by Gasteiger charge is 2.17. The average Bonchev–Trinajstić information content (AvgIpc) is 2.59. The molecule has 1 aromatic carbocycles. The zero-order valence-electron chi connectivity index (χ0n) is 12.7. The summed E-state index contributed by atoms with van der Waals surface area (Å²) in [5.41, 5.74) is 4.22. The predicted octanol–water partition coefficient (Wildman–Crippen LogP) is 3.30. The van der Waals surface area contributed by atoms with Crippen molar-refractivity contribution in [2.75, 3.05) is 18.1 Å². The zero-order chi connectivity index (χ0) is 15.4. The van der Waals surface area contributed by atoms with Crippen LogP contribution >= 0.6 is 0 Å². The Hall–Kier alpha value is -2.54. The highest BCUT2D eigenvalue weighted by atomic mass is 16.5. The number of aromatic nitrogens is 1. The molecule has 0 spiro atoms. The van der Waals surface area contributed by atoms with Gasteiger partial charge in [0.15, 0.2) is 0 Å². The van der Waals surface area contributed by atoms with Gasteiger partial charge in [-0.05, 0) is 48.2 Å². The van der Waals surface area contributed by atoms with Crippen molar-refractivity contribution in [2.45, 2.75) is 26.3 Å². The number of benzene rings is 1. The second-order valence-corrected chi connectivity index (χ2v) is 5.46. The fourth-order valence-electron chi connectivity index (χ4n) is 2.70. The van der Waals surface area contributed by atoms with Gasteiger partial charge < -0.3 is 9.64 Å². The molecule has 1 aromatic heterocycles. The molecule has 0 N–H and O–H groups in total. The van der Waals surface area contributed by atoms with E-state index in [2.05, 4.69) is 41.1 Å². The molecule has 4 heteroatoms. The molecule has 112 valence electrons. The smallest absolute Gasteiger partial charge is 0.140 e. The molecular formula is C18H19N3O. The van der Waals surface area contributed by atoms with Crippen molar-refractivity contribution in [3.05, 3.63) is 53.3 Å². The molecule has 0 amide bonds. The molecule has 3 rings (SSSR count). The number of anilines is 1. The number of nitriles is 1. The Morgan fingerprint density at radius 3 is 2.91 bits per heavy atom. The standard InChI is InChI=1S/C18H19N3O/c1-2-9-22-18-6-3-15-13-21(8-7-14(15)10-18)17-5-4-16(11-19)20-12-17/h3-6,10,12H,2,7-9,13H2,1H3. The van der Waals surface area contributed by atoms with Gasteiger partial charge in [0.05, 0.1) is 18.5 Å². The highest BCUT2D eigenvalue weighted by molar-refractivity contribution is 5.50. The molecule has 0 fully saturated rings. The van der Waals surface area contributed by atoms with E-state index in [4.69, 9.17) is 10.00 Å². The summed E-state index contributed by atoms with van der Waals surface area (Å²) in [6, 6.07) is 12.2. The molecule has 2 heterocycles. The maximum atomic E-state index is 8.82. The molecule has 0 unspecified atom stereocenters. The first kappa shape index (κ1) is 14.4. The van der Waals surface area contributed by atoms with Crippen molar-refractivity contribution in [1.82, 2.24) is 4.98 Å². The molecule has 2 aromatic rings. The van der Waals surface area contributed by atoms with Crippen molar-refractivity contribution in [2.24, 2.45) is 0 Å². The molecule has 22 heavy (non-hydrogen) atoms. The summed E-state index contributed by atoms with van der Waals surface area (Å²) >= 11 is 0. The molecule has 0 saturated heterocycles. The minimum absolute atomic E-state index is 0.457. The number of pyridine rings is 1. The van der Waals surface area contributed by atoms with Gasteiger partial charge in [-0.1, -0.05) is 13.0 Å². The lowest BCUT2D eigenvalue weighted by Gasteiger charge is -2.30. The Morgan fingerprint density at radius 2 is 2.18 bits per heavy atom. The van der Waals surface area contributed by atoms with Crippen LogP contribution in [-0.4, -0.2) is 18.1 Å². The van der Waals surface area contributed by atoms with Crippen molar-refractivity contribution < 1.29 is 4.74 Å². The van der Waals surface area contributed by atoms with Crippen LogP contribution in [-0.2, 0) is 13.0 Å². The summed E-state index contributed by atoms with van der Waals surface area (Å²) < 4.78 is 5.70. The second kappa shape index (κ2) is 6.48. The van der Waals surface area contributed by atoms with Crippen molar-refractivity contribution in [3.8, 4) is 11.8 Å². The van der Waals surface area contributed by atoms with E-state index < -0.39 is 0 Å². The van der Waals surface area contributed by atoms with Crippen LogP contribution in [0.3, 0.4) is 0 Å². The van der Waals surface area contributed by atoms with Gasteiger partial charge >= 0.3 is 0 Å². The Morgan fingerprint density at radius 1 is 1.27 bits per heavy atom.